The maximum Gasteiger partial charge on any atom is 0.257 e. The Balaban J connectivity index is 1.79. The van der Waals surface area contributed by atoms with E-state index in [1.165, 1.54) is 31.3 Å². The summed E-state index contributed by atoms with van der Waals surface area (Å²) in [6.07, 6.45) is 5.69. The first kappa shape index (κ1) is 21.5. The maximum absolute atomic E-state index is 15.3. The third kappa shape index (κ3) is 3.80. The van der Waals surface area contributed by atoms with Gasteiger partial charge in [-0.05, 0) is 47.9 Å². The van der Waals surface area contributed by atoms with Crippen molar-refractivity contribution < 1.29 is 19.1 Å². The summed E-state index contributed by atoms with van der Waals surface area (Å²) in [4.78, 5) is 25.3. The van der Waals surface area contributed by atoms with Gasteiger partial charge in [-0.15, -0.1) is 0 Å². The van der Waals surface area contributed by atoms with E-state index in [4.69, 9.17) is 0 Å². The van der Waals surface area contributed by atoms with E-state index in [9.17, 15) is 14.7 Å². The largest absolute Gasteiger partial charge is 0.392 e. The Hall–Kier alpha value is -3.78. The van der Waals surface area contributed by atoms with Gasteiger partial charge in [-0.1, -0.05) is 6.92 Å². The Morgan fingerprint density at radius 1 is 1.19 bits per heavy atom. The molecule has 0 spiro atoms. The third-order valence-corrected chi connectivity index (χ3v) is 5.43. The second kappa shape index (κ2) is 8.39. The smallest absolute Gasteiger partial charge is 0.257 e. The minimum absolute atomic E-state index is 0.0595. The molecule has 0 unspecified atom stereocenters. The molecule has 0 aliphatic rings. The van der Waals surface area contributed by atoms with Gasteiger partial charge >= 0.3 is 0 Å². The molecule has 0 aliphatic heterocycles. The van der Waals surface area contributed by atoms with Gasteiger partial charge < -0.3 is 14.8 Å². The molecular weight excluding hydrogens is 411 g/mol. The molecule has 0 saturated carbocycles. The number of amides is 1. The number of hydrogen-bond donors (Lipinski definition) is 2. The molecule has 1 amide bonds. The van der Waals surface area contributed by atoms with E-state index in [0.717, 1.165) is 12.0 Å². The topological polar surface area (TPSA) is 88.6 Å². The van der Waals surface area contributed by atoms with Crippen LogP contribution in [0.25, 0.3) is 16.6 Å². The summed E-state index contributed by atoms with van der Waals surface area (Å²) in [5.74, 6) is -1.36. The van der Waals surface area contributed by atoms with Crippen molar-refractivity contribution >= 4 is 22.9 Å². The van der Waals surface area contributed by atoms with Crippen LogP contribution in [0.4, 0.5) is 10.1 Å². The summed E-state index contributed by atoms with van der Waals surface area (Å²) in [5, 5.41) is 16.3. The second-order valence-corrected chi connectivity index (χ2v) is 7.66. The lowest BCUT2D eigenvalue weighted by Gasteiger charge is -2.12. The zero-order valence-electron chi connectivity index (χ0n) is 18.0. The zero-order valence-corrected chi connectivity index (χ0v) is 18.0. The molecule has 3 heterocycles. The number of Topliss-reactive ketones (excluding diaryl/α,β-unsaturated/α-hetero) is 1. The maximum atomic E-state index is 15.3. The van der Waals surface area contributed by atoms with Gasteiger partial charge in [-0.3, -0.25) is 14.3 Å². The van der Waals surface area contributed by atoms with Crippen LogP contribution in [0.3, 0.4) is 0 Å². The van der Waals surface area contributed by atoms with Crippen LogP contribution in [0.15, 0.2) is 48.9 Å². The van der Waals surface area contributed by atoms with Gasteiger partial charge in [0.1, 0.15) is 0 Å². The number of nitrogens with one attached hydrogen (secondary N) is 1. The molecule has 0 atom stereocenters. The average molecular weight is 434 g/mol. The number of aliphatic hydroxyl groups excluding tert-OH is 1. The van der Waals surface area contributed by atoms with Crippen molar-refractivity contribution in [3.05, 3.63) is 77.1 Å². The number of aromatic nitrogens is 3. The minimum atomic E-state index is -0.631. The predicted octanol–water partition coefficient (Wildman–Crippen LogP) is 3.99. The number of carbonyl (C=O) groups excluding carboxylic acids is 2. The summed E-state index contributed by atoms with van der Waals surface area (Å²) in [6.45, 7) is 3.11. The summed E-state index contributed by atoms with van der Waals surface area (Å²) in [6, 6.07) is 8.18. The van der Waals surface area contributed by atoms with Gasteiger partial charge in [0.05, 0.1) is 35.3 Å². The highest BCUT2D eigenvalue weighted by molar-refractivity contribution is 6.11. The first-order chi connectivity index (χ1) is 15.3. The Bertz CT molecular complexity index is 1350. The van der Waals surface area contributed by atoms with Crippen molar-refractivity contribution in [3.63, 3.8) is 0 Å². The van der Waals surface area contributed by atoms with Gasteiger partial charge in [-0.25, -0.2) is 4.39 Å². The Kier molecular flexibility index (Phi) is 5.63. The molecular formula is C24H23FN4O3. The van der Waals surface area contributed by atoms with Crippen molar-refractivity contribution in [2.24, 2.45) is 7.05 Å². The van der Waals surface area contributed by atoms with Gasteiger partial charge in [0.2, 0.25) is 0 Å². The number of hydrogen-bond acceptors (Lipinski definition) is 4. The fourth-order valence-electron chi connectivity index (χ4n) is 3.74. The lowest BCUT2D eigenvalue weighted by atomic mass is 10.0. The van der Waals surface area contributed by atoms with E-state index in [2.05, 4.69) is 10.4 Å². The predicted molar refractivity (Wildman–Crippen MR) is 119 cm³/mol. The quantitative estimate of drug-likeness (QED) is 0.449. The number of aryl methyl sites for hydroxylation is 2. The first-order valence-corrected chi connectivity index (χ1v) is 10.2. The van der Waals surface area contributed by atoms with Crippen LogP contribution in [0, 0.1) is 5.82 Å². The monoisotopic (exact) mass is 434 g/mol. The van der Waals surface area contributed by atoms with E-state index in [1.54, 1.807) is 28.5 Å². The molecule has 4 rings (SSSR count). The molecule has 8 heteroatoms. The third-order valence-electron chi connectivity index (χ3n) is 5.43. The van der Waals surface area contributed by atoms with Crippen molar-refractivity contribution in [1.29, 1.82) is 0 Å². The molecule has 4 aromatic rings. The second-order valence-electron chi connectivity index (χ2n) is 7.66. The Morgan fingerprint density at radius 3 is 2.59 bits per heavy atom. The molecule has 164 valence electrons. The number of aliphatic hydroxyl groups is 1. The number of benzene rings is 1. The SMILES string of the molecule is CCc1ccn2c(C(C)=O)cc(C(=O)Nc3cc(CO)cc(-c4cnn(C)c4)c3F)c2c1. The molecule has 0 bridgehead atoms. The van der Waals surface area contributed by atoms with Crippen LogP contribution in [0.2, 0.25) is 0 Å². The number of fused-ring (bicyclic) bond motifs is 1. The number of pyridine rings is 1. The molecule has 0 saturated heterocycles. The molecule has 3 aromatic heterocycles. The lowest BCUT2D eigenvalue weighted by molar-refractivity contribution is 0.101. The first-order valence-electron chi connectivity index (χ1n) is 10.2. The highest BCUT2D eigenvalue weighted by atomic mass is 19.1. The summed E-state index contributed by atoms with van der Waals surface area (Å²) >= 11 is 0. The highest BCUT2D eigenvalue weighted by Crippen LogP contribution is 2.30. The van der Waals surface area contributed by atoms with Crippen molar-refractivity contribution in [3.8, 4) is 11.1 Å². The zero-order chi connectivity index (χ0) is 23.0. The van der Waals surface area contributed by atoms with Gasteiger partial charge in [0.25, 0.3) is 5.91 Å². The standard InChI is InChI=1S/C24H23FN4O3/c1-4-15-5-6-29-21(14(2)31)10-19(22(29)9-15)24(32)27-20-8-16(13-30)7-18(23(20)25)17-11-26-28(3)12-17/h5-12,30H,4,13H2,1-3H3,(H,27,32). The molecule has 0 aliphatic carbocycles. The number of rotatable bonds is 6. The number of nitrogens with zero attached hydrogens (tertiary/aromatic N) is 3. The normalized spacial score (nSPS) is 11.2. The average Bonchev–Trinajstić information content (AvgIpc) is 3.38. The van der Waals surface area contributed by atoms with Gasteiger partial charge in [0, 0.05) is 37.5 Å². The Labute approximate surface area is 184 Å². The highest BCUT2D eigenvalue weighted by Gasteiger charge is 2.21. The number of anilines is 1. The minimum Gasteiger partial charge on any atom is -0.392 e. The molecule has 32 heavy (non-hydrogen) atoms. The molecule has 0 fully saturated rings. The number of carbonyl (C=O) groups is 2. The van der Waals surface area contributed by atoms with Crippen LogP contribution in [-0.2, 0) is 20.1 Å². The summed E-state index contributed by atoms with van der Waals surface area (Å²) in [5.41, 5.74) is 3.34. The Morgan fingerprint density at radius 2 is 1.97 bits per heavy atom. The molecule has 0 radical (unpaired) electrons. The van der Waals surface area contributed by atoms with Crippen LogP contribution in [0.5, 0.6) is 0 Å². The number of halogens is 1. The van der Waals surface area contributed by atoms with Crippen molar-refractivity contribution in [1.82, 2.24) is 14.2 Å². The van der Waals surface area contributed by atoms with Gasteiger partial charge in [0.15, 0.2) is 11.6 Å². The summed E-state index contributed by atoms with van der Waals surface area (Å²) in [7, 11) is 1.72. The molecule has 7 nitrogen and oxygen atoms in total. The van der Waals surface area contributed by atoms with Crippen LogP contribution >= 0.6 is 0 Å². The van der Waals surface area contributed by atoms with E-state index < -0.39 is 11.7 Å². The molecule has 2 N–H and O–H groups in total. The van der Waals surface area contributed by atoms with E-state index >= 15 is 4.39 Å². The fourth-order valence-corrected chi connectivity index (χ4v) is 3.74. The van der Waals surface area contributed by atoms with E-state index in [0.29, 0.717) is 22.3 Å². The fraction of sp³-hybridized carbons (Fsp3) is 0.208. The van der Waals surface area contributed by atoms with E-state index in [-0.39, 0.29) is 29.2 Å². The lowest BCUT2D eigenvalue weighted by Crippen LogP contribution is -2.13. The van der Waals surface area contributed by atoms with E-state index in [1.807, 2.05) is 19.1 Å². The van der Waals surface area contributed by atoms with Gasteiger partial charge in [-0.2, -0.15) is 5.10 Å². The van der Waals surface area contributed by atoms with Crippen LogP contribution in [-0.4, -0.2) is 31.0 Å². The molecule has 1 aromatic carbocycles. The van der Waals surface area contributed by atoms with Crippen molar-refractivity contribution in [2.75, 3.05) is 5.32 Å². The van der Waals surface area contributed by atoms with Crippen LogP contribution in [0.1, 0.15) is 45.8 Å². The summed E-state index contributed by atoms with van der Waals surface area (Å²) < 4.78 is 18.5. The number of ketones is 1. The van der Waals surface area contributed by atoms with Crippen LogP contribution < -0.4 is 5.32 Å². The van der Waals surface area contributed by atoms with Crippen molar-refractivity contribution in [2.45, 2.75) is 26.9 Å².